The van der Waals surface area contributed by atoms with E-state index < -0.39 is 11.7 Å². The Hall–Kier alpha value is -1.75. The molecular weight excluding hydrogens is 239 g/mol. The average Bonchev–Trinajstić information content (AvgIpc) is 2.78. The fraction of sp³-hybridized carbons (Fsp3) is 0.167. The van der Waals surface area contributed by atoms with Crippen LogP contribution in [-0.2, 0) is 6.54 Å². The molecule has 0 saturated carbocycles. The largest absolute Gasteiger partial charge is 0.347 e. The van der Waals surface area contributed by atoms with E-state index in [0.29, 0.717) is 6.54 Å². The summed E-state index contributed by atoms with van der Waals surface area (Å²) in [4.78, 5) is 16.5. The van der Waals surface area contributed by atoms with Crippen LogP contribution in [0.2, 0.25) is 0 Å². The Kier molecular flexibility index (Phi) is 3.49. The van der Waals surface area contributed by atoms with E-state index in [0.717, 1.165) is 10.4 Å². The van der Waals surface area contributed by atoms with Crippen LogP contribution in [0.3, 0.4) is 0 Å². The van der Waals surface area contributed by atoms with E-state index in [2.05, 4.69) is 10.3 Å². The molecule has 1 heterocycles. The minimum Gasteiger partial charge on any atom is -0.347 e. The van der Waals surface area contributed by atoms with Crippen molar-refractivity contribution in [1.82, 2.24) is 10.3 Å². The molecule has 1 aromatic carbocycles. The molecule has 0 unspecified atom stereocenters. The molecular formula is C12H11FN2OS. The zero-order valence-electron chi connectivity index (χ0n) is 9.24. The van der Waals surface area contributed by atoms with Crippen molar-refractivity contribution in [2.24, 2.45) is 0 Å². The highest BCUT2D eigenvalue weighted by Crippen LogP contribution is 2.10. The number of amides is 1. The second-order valence-electron chi connectivity index (χ2n) is 3.63. The molecule has 2 rings (SSSR count). The van der Waals surface area contributed by atoms with Crippen molar-refractivity contribution >= 4 is 17.2 Å². The van der Waals surface area contributed by atoms with E-state index in [4.69, 9.17) is 0 Å². The summed E-state index contributed by atoms with van der Waals surface area (Å²) in [6.07, 6.45) is 1.68. The number of aryl methyl sites for hydroxylation is 1. The summed E-state index contributed by atoms with van der Waals surface area (Å²) in [5.74, 6) is -0.900. The average molecular weight is 250 g/mol. The van der Waals surface area contributed by atoms with Crippen LogP contribution in [0.25, 0.3) is 0 Å². The summed E-state index contributed by atoms with van der Waals surface area (Å²) in [5.41, 5.74) is 2.55. The third kappa shape index (κ3) is 2.88. The van der Waals surface area contributed by atoms with Gasteiger partial charge in [-0.2, -0.15) is 0 Å². The Balaban J connectivity index is 2.04. The van der Waals surface area contributed by atoms with Crippen molar-refractivity contribution in [3.8, 4) is 0 Å². The van der Waals surface area contributed by atoms with Gasteiger partial charge in [0.15, 0.2) is 0 Å². The predicted octanol–water partition coefficient (Wildman–Crippen LogP) is 2.52. The molecule has 3 nitrogen and oxygen atoms in total. The lowest BCUT2D eigenvalue weighted by Gasteiger charge is -2.05. The standard InChI is InChI=1S/C12H11FN2OS/c1-8-2-3-10(11(13)4-8)12(16)15-6-9-5-14-7-17-9/h2-5,7H,6H2,1H3,(H,15,16). The van der Waals surface area contributed by atoms with Gasteiger partial charge >= 0.3 is 0 Å². The van der Waals surface area contributed by atoms with Crippen molar-refractivity contribution in [2.75, 3.05) is 0 Å². The zero-order chi connectivity index (χ0) is 12.3. The fourth-order valence-corrected chi connectivity index (χ4v) is 1.93. The van der Waals surface area contributed by atoms with Gasteiger partial charge in [-0.1, -0.05) is 6.07 Å². The highest BCUT2D eigenvalue weighted by molar-refractivity contribution is 7.09. The third-order valence-corrected chi connectivity index (χ3v) is 3.06. The van der Waals surface area contributed by atoms with Gasteiger partial charge in [0.05, 0.1) is 17.6 Å². The Labute approximate surface area is 102 Å². The molecule has 1 amide bonds. The van der Waals surface area contributed by atoms with E-state index in [-0.39, 0.29) is 5.56 Å². The summed E-state index contributed by atoms with van der Waals surface area (Å²) in [7, 11) is 0. The number of hydrogen-bond donors (Lipinski definition) is 1. The van der Waals surface area contributed by atoms with Crippen LogP contribution in [-0.4, -0.2) is 10.9 Å². The van der Waals surface area contributed by atoms with Crippen LogP contribution >= 0.6 is 11.3 Å². The quantitative estimate of drug-likeness (QED) is 0.909. The lowest BCUT2D eigenvalue weighted by Crippen LogP contribution is -2.23. The first kappa shape index (κ1) is 11.7. The Bertz CT molecular complexity index is 525. The summed E-state index contributed by atoms with van der Waals surface area (Å²) >= 11 is 1.45. The third-order valence-electron chi connectivity index (χ3n) is 2.28. The minimum absolute atomic E-state index is 0.0696. The maximum Gasteiger partial charge on any atom is 0.254 e. The van der Waals surface area contributed by atoms with Crippen LogP contribution in [0, 0.1) is 12.7 Å². The number of thiazole rings is 1. The lowest BCUT2D eigenvalue weighted by molar-refractivity contribution is 0.0947. The Morgan fingerprint density at radius 1 is 1.53 bits per heavy atom. The summed E-state index contributed by atoms with van der Waals surface area (Å²) in [6.45, 7) is 2.15. The van der Waals surface area contributed by atoms with Gasteiger partial charge in [-0.25, -0.2) is 4.39 Å². The number of hydrogen-bond acceptors (Lipinski definition) is 3. The van der Waals surface area contributed by atoms with E-state index in [1.54, 1.807) is 24.7 Å². The second-order valence-corrected chi connectivity index (χ2v) is 4.60. The molecule has 0 spiro atoms. The molecule has 0 bridgehead atoms. The number of rotatable bonds is 3. The fourth-order valence-electron chi connectivity index (χ4n) is 1.40. The maximum absolute atomic E-state index is 13.5. The molecule has 0 atom stereocenters. The number of benzene rings is 1. The summed E-state index contributed by atoms with van der Waals surface area (Å²) < 4.78 is 13.5. The lowest BCUT2D eigenvalue weighted by atomic mass is 10.1. The number of carbonyl (C=O) groups excluding carboxylic acids is 1. The van der Waals surface area contributed by atoms with Crippen molar-refractivity contribution in [1.29, 1.82) is 0 Å². The number of halogens is 1. The van der Waals surface area contributed by atoms with E-state index in [1.807, 2.05) is 0 Å². The van der Waals surface area contributed by atoms with Crippen molar-refractivity contribution < 1.29 is 9.18 Å². The second kappa shape index (κ2) is 5.05. The molecule has 0 saturated heterocycles. The van der Waals surface area contributed by atoms with Gasteiger partial charge in [-0.05, 0) is 24.6 Å². The molecule has 1 N–H and O–H groups in total. The highest BCUT2D eigenvalue weighted by atomic mass is 32.1. The zero-order valence-corrected chi connectivity index (χ0v) is 10.1. The number of nitrogens with one attached hydrogen (secondary N) is 1. The molecule has 1 aromatic heterocycles. The topological polar surface area (TPSA) is 42.0 Å². The van der Waals surface area contributed by atoms with E-state index in [1.165, 1.54) is 23.5 Å². The minimum atomic E-state index is -0.494. The molecule has 0 fully saturated rings. The molecule has 5 heteroatoms. The van der Waals surface area contributed by atoms with Crippen molar-refractivity contribution in [3.63, 3.8) is 0 Å². The van der Waals surface area contributed by atoms with Crippen LogP contribution in [0.4, 0.5) is 4.39 Å². The first-order chi connectivity index (χ1) is 8.16. The van der Waals surface area contributed by atoms with Crippen molar-refractivity contribution in [3.05, 3.63) is 51.7 Å². The number of nitrogens with zero attached hydrogens (tertiary/aromatic N) is 1. The molecule has 17 heavy (non-hydrogen) atoms. The molecule has 0 radical (unpaired) electrons. The molecule has 0 aliphatic heterocycles. The number of carbonyl (C=O) groups is 1. The number of aromatic nitrogens is 1. The molecule has 2 aromatic rings. The van der Waals surface area contributed by atoms with Gasteiger partial charge in [0.1, 0.15) is 5.82 Å². The molecule has 0 aliphatic carbocycles. The SMILES string of the molecule is Cc1ccc(C(=O)NCc2cncs2)c(F)c1. The Morgan fingerprint density at radius 3 is 3.00 bits per heavy atom. The van der Waals surface area contributed by atoms with Crippen LogP contribution in [0.1, 0.15) is 20.8 Å². The van der Waals surface area contributed by atoms with Gasteiger partial charge in [-0.3, -0.25) is 9.78 Å². The van der Waals surface area contributed by atoms with E-state index in [9.17, 15) is 9.18 Å². The summed E-state index contributed by atoms with van der Waals surface area (Å²) in [5, 5.41) is 2.65. The van der Waals surface area contributed by atoms with Gasteiger partial charge in [-0.15, -0.1) is 11.3 Å². The van der Waals surface area contributed by atoms with Crippen molar-refractivity contribution in [2.45, 2.75) is 13.5 Å². The summed E-state index contributed by atoms with van der Waals surface area (Å²) in [6, 6.07) is 4.55. The predicted molar refractivity (Wildman–Crippen MR) is 64.4 cm³/mol. The normalized spacial score (nSPS) is 10.2. The van der Waals surface area contributed by atoms with Gasteiger partial charge < -0.3 is 5.32 Å². The van der Waals surface area contributed by atoms with Crippen LogP contribution < -0.4 is 5.32 Å². The van der Waals surface area contributed by atoms with E-state index >= 15 is 0 Å². The first-order valence-electron chi connectivity index (χ1n) is 5.08. The monoisotopic (exact) mass is 250 g/mol. The maximum atomic E-state index is 13.5. The van der Waals surface area contributed by atoms with Gasteiger partial charge in [0.25, 0.3) is 5.91 Å². The van der Waals surface area contributed by atoms with Crippen LogP contribution in [0.5, 0.6) is 0 Å². The van der Waals surface area contributed by atoms with Gasteiger partial charge in [0, 0.05) is 11.1 Å². The molecule has 0 aliphatic rings. The molecule has 88 valence electrons. The highest BCUT2D eigenvalue weighted by Gasteiger charge is 2.11. The first-order valence-corrected chi connectivity index (χ1v) is 5.96. The van der Waals surface area contributed by atoms with Crippen LogP contribution in [0.15, 0.2) is 29.9 Å². The smallest absolute Gasteiger partial charge is 0.254 e. The van der Waals surface area contributed by atoms with Gasteiger partial charge in [0.2, 0.25) is 0 Å². The Morgan fingerprint density at radius 2 is 2.35 bits per heavy atom.